The van der Waals surface area contributed by atoms with Gasteiger partial charge < -0.3 is 4.98 Å². The molecule has 0 aliphatic carbocycles. The number of rotatable bonds is 1. The summed E-state index contributed by atoms with van der Waals surface area (Å²) >= 11 is 0. The Balaban J connectivity index is 2.21. The molecule has 1 saturated heterocycles. The van der Waals surface area contributed by atoms with E-state index in [1.165, 1.54) is 6.42 Å². The van der Waals surface area contributed by atoms with E-state index in [2.05, 4.69) is 29.9 Å². The second-order valence-corrected chi connectivity index (χ2v) is 3.87. The molecule has 1 aromatic heterocycles. The van der Waals surface area contributed by atoms with E-state index in [-0.39, 0.29) is 0 Å². The minimum Gasteiger partial charge on any atom is -0.346 e. The summed E-state index contributed by atoms with van der Waals surface area (Å²) in [4.78, 5) is 7.43. The number of aromatic nitrogens is 2. The molecular formula is C9H12N3P. The number of hydrogen-bond acceptors (Lipinski definition) is 2. The standard InChI is InChI=1S/C9H12N3P/c1-2-7-6-10-9(11-7)8-4-3-5-12(8)13/h1,6,8H,3-5,13H2,(H,10,11)/t8-/m0/s1. The zero-order valence-electron chi connectivity index (χ0n) is 7.33. The van der Waals surface area contributed by atoms with E-state index in [1.54, 1.807) is 6.20 Å². The maximum absolute atomic E-state index is 5.25. The largest absolute Gasteiger partial charge is 0.346 e. The predicted octanol–water partition coefficient (Wildman–Crippen LogP) is 1.32. The highest BCUT2D eigenvalue weighted by molar-refractivity contribution is 7.13. The van der Waals surface area contributed by atoms with Crippen LogP contribution in [0.25, 0.3) is 0 Å². The van der Waals surface area contributed by atoms with Gasteiger partial charge >= 0.3 is 0 Å². The third-order valence-electron chi connectivity index (χ3n) is 2.36. The van der Waals surface area contributed by atoms with Crippen LogP contribution in [0.4, 0.5) is 0 Å². The van der Waals surface area contributed by atoms with Gasteiger partial charge in [0.1, 0.15) is 11.5 Å². The molecule has 0 saturated carbocycles. The Bertz CT molecular complexity index is 339. The van der Waals surface area contributed by atoms with Crippen LogP contribution < -0.4 is 0 Å². The molecule has 0 bridgehead atoms. The van der Waals surface area contributed by atoms with Crippen molar-refractivity contribution in [2.24, 2.45) is 0 Å². The number of nitrogens with zero attached hydrogens (tertiary/aromatic N) is 2. The molecule has 1 fully saturated rings. The number of imidazole rings is 1. The molecular weight excluding hydrogens is 181 g/mol. The fraction of sp³-hybridized carbons (Fsp3) is 0.444. The number of hydrogen-bond donors (Lipinski definition) is 1. The molecule has 2 atom stereocenters. The van der Waals surface area contributed by atoms with E-state index < -0.39 is 0 Å². The first-order valence-corrected chi connectivity index (χ1v) is 4.86. The van der Waals surface area contributed by atoms with Gasteiger partial charge in [0.15, 0.2) is 0 Å². The number of terminal acetylenes is 1. The lowest BCUT2D eigenvalue weighted by Gasteiger charge is -2.15. The summed E-state index contributed by atoms with van der Waals surface area (Å²) in [6.45, 7) is 1.11. The van der Waals surface area contributed by atoms with Gasteiger partial charge in [0.05, 0.1) is 6.04 Å². The first-order chi connectivity index (χ1) is 6.31. The van der Waals surface area contributed by atoms with Crippen molar-refractivity contribution >= 4 is 9.39 Å². The molecule has 1 aliphatic heterocycles. The van der Waals surface area contributed by atoms with Gasteiger partial charge in [0.25, 0.3) is 0 Å². The third-order valence-corrected chi connectivity index (χ3v) is 2.97. The Kier molecular flexibility index (Phi) is 2.35. The van der Waals surface area contributed by atoms with Gasteiger partial charge in [-0.3, -0.25) is 4.67 Å². The zero-order chi connectivity index (χ0) is 9.26. The van der Waals surface area contributed by atoms with Crippen LogP contribution in [-0.2, 0) is 0 Å². The third kappa shape index (κ3) is 1.60. The van der Waals surface area contributed by atoms with E-state index in [0.717, 1.165) is 18.8 Å². The second-order valence-electron chi connectivity index (χ2n) is 3.21. The summed E-state index contributed by atoms with van der Waals surface area (Å²) in [6, 6.07) is 0.395. The van der Waals surface area contributed by atoms with E-state index >= 15 is 0 Å². The maximum Gasteiger partial charge on any atom is 0.131 e. The summed E-state index contributed by atoms with van der Waals surface area (Å²) in [7, 11) is 2.73. The molecule has 1 N–H and O–H groups in total. The SMILES string of the molecule is C#Cc1c[nH]c([C@@H]2CCCN2P)n1. The molecule has 1 aliphatic rings. The maximum atomic E-state index is 5.25. The minimum atomic E-state index is 0.395. The Morgan fingerprint density at radius 1 is 1.77 bits per heavy atom. The average Bonchev–Trinajstić information content (AvgIpc) is 2.71. The van der Waals surface area contributed by atoms with Gasteiger partial charge in [0.2, 0.25) is 0 Å². The van der Waals surface area contributed by atoms with Crippen LogP contribution >= 0.6 is 9.39 Å². The van der Waals surface area contributed by atoms with Gasteiger partial charge in [-0.05, 0) is 18.8 Å². The lowest BCUT2D eigenvalue weighted by molar-refractivity contribution is 0.433. The molecule has 0 spiro atoms. The minimum absolute atomic E-state index is 0.395. The Hall–Kier alpha value is -0.840. The average molecular weight is 193 g/mol. The summed E-state index contributed by atoms with van der Waals surface area (Å²) in [6.07, 6.45) is 9.41. The summed E-state index contributed by atoms with van der Waals surface area (Å²) in [5.74, 6) is 3.50. The molecule has 1 aromatic rings. The molecule has 3 nitrogen and oxygen atoms in total. The Labute approximate surface area is 80.2 Å². The van der Waals surface area contributed by atoms with Gasteiger partial charge in [-0.1, -0.05) is 9.39 Å². The fourth-order valence-corrected chi connectivity index (χ4v) is 2.14. The highest BCUT2D eigenvalue weighted by Gasteiger charge is 2.24. The molecule has 0 aromatic carbocycles. The van der Waals surface area contributed by atoms with Crippen molar-refractivity contribution in [2.75, 3.05) is 6.54 Å². The smallest absolute Gasteiger partial charge is 0.131 e. The van der Waals surface area contributed by atoms with Crippen molar-refractivity contribution < 1.29 is 0 Å². The molecule has 13 heavy (non-hydrogen) atoms. The van der Waals surface area contributed by atoms with Crippen LogP contribution in [0.2, 0.25) is 0 Å². The van der Waals surface area contributed by atoms with Gasteiger partial charge in [-0.2, -0.15) is 0 Å². The molecule has 2 heterocycles. The van der Waals surface area contributed by atoms with Crippen LogP contribution in [0.5, 0.6) is 0 Å². The fourth-order valence-electron chi connectivity index (χ4n) is 1.66. The topological polar surface area (TPSA) is 31.9 Å². The summed E-state index contributed by atoms with van der Waals surface area (Å²) in [5, 5.41) is 0. The Morgan fingerprint density at radius 3 is 3.15 bits per heavy atom. The molecule has 2 rings (SSSR count). The monoisotopic (exact) mass is 193 g/mol. The van der Waals surface area contributed by atoms with Crippen molar-refractivity contribution in [1.82, 2.24) is 14.6 Å². The lowest BCUT2D eigenvalue weighted by atomic mass is 10.2. The van der Waals surface area contributed by atoms with Crippen LogP contribution in [0.3, 0.4) is 0 Å². The molecule has 0 amide bonds. The summed E-state index contributed by atoms with van der Waals surface area (Å²) < 4.78 is 2.22. The highest BCUT2D eigenvalue weighted by Crippen LogP contribution is 2.32. The molecule has 1 unspecified atom stereocenters. The van der Waals surface area contributed by atoms with Crippen molar-refractivity contribution in [3.63, 3.8) is 0 Å². The van der Waals surface area contributed by atoms with E-state index in [0.29, 0.717) is 11.7 Å². The quantitative estimate of drug-likeness (QED) is 0.538. The summed E-state index contributed by atoms with van der Waals surface area (Å²) in [5.41, 5.74) is 0.695. The van der Waals surface area contributed by atoms with Gasteiger partial charge in [0, 0.05) is 12.7 Å². The molecule has 68 valence electrons. The number of aromatic amines is 1. The Morgan fingerprint density at radius 2 is 2.62 bits per heavy atom. The second kappa shape index (κ2) is 3.49. The van der Waals surface area contributed by atoms with Crippen LogP contribution in [0.15, 0.2) is 6.20 Å². The lowest BCUT2D eigenvalue weighted by Crippen LogP contribution is -2.12. The molecule has 0 radical (unpaired) electrons. The van der Waals surface area contributed by atoms with Gasteiger partial charge in [-0.15, -0.1) is 6.42 Å². The number of H-pyrrole nitrogens is 1. The van der Waals surface area contributed by atoms with E-state index in [9.17, 15) is 0 Å². The van der Waals surface area contributed by atoms with Crippen molar-refractivity contribution in [3.05, 3.63) is 17.7 Å². The molecule has 4 heteroatoms. The zero-order valence-corrected chi connectivity index (χ0v) is 8.48. The van der Waals surface area contributed by atoms with Crippen LogP contribution in [0, 0.1) is 12.3 Å². The van der Waals surface area contributed by atoms with Gasteiger partial charge in [-0.25, -0.2) is 4.98 Å². The van der Waals surface area contributed by atoms with Crippen molar-refractivity contribution in [2.45, 2.75) is 18.9 Å². The van der Waals surface area contributed by atoms with Crippen molar-refractivity contribution in [1.29, 1.82) is 0 Å². The first-order valence-electron chi connectivity index (χ1n) is 4.34. The first kappa shape index (κ1) is 8.74. The predicted molar refractivity (Wildman–Crippen MR) is 54.9 cm³/mol. The van der Waals surface area contributed by atoms with E-state index in [1.807, 2.05) is 0 Å². The highest BCUT2D eigenvalue weighted by atomic mass is 31.0. The van der Waals surface area contributed by atoms with E-state index in [4.69, 9.17) is 6.42 Å². The normalized spacial score (nSPS) is 23.2. The van der Waals surface area contributed by atoms with Crippen LogP contribution in [0.1, 0.15) is 30.4 Å². The number of nitrogens with one attached hydrogen (secondary N) is 1. The van der Waals surface area contributed by atoms with Crippen molar-refractivity contribution in [3.8, 4) is 12.3 Å². The van der Waals surface area contributed by atoms with Crippen LogP contribution in [-0.4, -0.2) is 21.2 Å².